The number of hydrogen-bond acceptors (Lipinski definition) is 4. The summed E-state index contributed by atoms with van der Waals surface area (Å²) in [6, 6.07) is 7.06. The van der Waals surface area contributed by atoms with Crippen LogP contribution in [0.1, 0.15) is 27.1 Å². The van der Waals surface area contributed by atoms with E-state index in [9.17, 15) is 9.59 Å². The summed E-state index contributed by atoms with van der Waals surface area (Å²) in [5.41, 5.74) is 1.06. The van der Waals surface area contributed by atoms with Gasteiger partial charge >= 0.3 is 0 Å². The number of amides is 2. The summed E-state index contributed by atoms with van der Waals surface area (Å²) in [4.78, 5) is 30.4. The van der Waals surface area contributed by atoms with Crippen LogP contribution >= 0.6 is 0 Å². The number of imide groups is 1. The highest BCUT2D eigenvalue weighted by Gasteiger charge is 2.36. The Bertz CT molecular complexity index is 509. The third-order valence-electron chi connectivity index (χ3n) is 4.03. The minimum atomic E-state index is -0.164. The zero-order chi connectivity index (χ0) is 14.1. The van der Waals surface area contributed by atoms with E-state index in [-0.39, 0.29) is 11.8 Å². The van der Waals surface area contributed by atoms with E-state index in [2.05, 4.69) is 16.8 Å². The maximum atomic E-state index is 12.3. The molecule has 0 aliphatic carbocycles. The summed E-state index contributed by atoms with van der Waals surface area (Å²) in [6.07, 6.45) is 1.07. The summed E-state index contributed by atoms with van der Waals surface area (Å²) in [5, 5.41) is 0. The van der Waals surface area contributed by atoms with Crippen LogP contribution in [0, 0.1) is 0 Å². The van der Waals surface area contributed by atoms with Crippen LogP contribution in [0.3, 0.4) is 0 Å². The Morgan fingerprint density at radius 2 is 1.60 bits per heavy atom. The van der Waals surface area contributed by atoms with Gasteiger partial charge in [-0.05, 0) is 32.1 Å². The molecule has 1 aromatic rings. The number of benzene rings is 1. The fourth-order valence-corrected chi connectivity index (χ4v) is 2.81. The number of fused-ring (bicyclic) bond motifs is 1. The van der Waals surface area contributed by atoms with Crippen LogP contribution in [0.4, 0.5) is 0 Å². The molecule has 0 atom stereocenters. The fourth-order valence-electron chi connectivity index (χ4n) is 2.81. The molecular formula is C15H19N3O2. The Balaban J connectivity index is 1.73. The van der Waals surface area contributed by atoms with Crippen molar-refractivity contribution < 1.29 is 9.59 Å². The molecule has 0 bridgehead atoms. The summed E-state index contributed by atoms with van der Waals surface area (Å²) < 4.78 is 0. The van der Waals surface area contributed by atoms with Crippen LogP contribution in [0.5, 0.6) is 0 Å². The third kappa shape index (κ3) is 2.34. The van der Waals surface area contributed by atoms with Gasteiger partial charge in [0.25, 0.3) is 11.8 Å². The second-order valence-electron chi connectivity index (χ2n) is 5.50. The lowest BCUT2D eigenvalue weighted by Gasteiger charge is -2.25. The van der Waals surface area contributed by atoms with Crippen molar-refractivity contribution in [2.75, 3.05) is 39.9 Å². The van der Waals surface area contributed by atoms with E-state index in [1.807, 2.05) is 0 Å². The van der Waals surface area contributed by atoms with Gasteiger partial charge in [-0.2, -0.15) is 0 Å². The van der Waals surface area contributed by atoms with Crippen LogP contribution in [0.15, 0.2) is 24.3 Å². The van der Waals surface area contributed by atoms with Crippen molar-refractivity contribution in [1.82, 2.24) is 14.7 Å². The third-order valence-corrected chi connectivity index (χ3v) is 4.03. The van der Waals surface area contributed by atoms with E-state index in [4.69, 9.17) is 0 Å². The Kier molecular flexibility index (Phi) is 3.54. The summed E-state index contributed by atoms with van der Waals surface area (Å²) >= 11 is 0. The fraction of sp³-hybridized carbons (Fsp3) is 0.467. The van der Waals surface area contributed by atoms with Crippen LogP contribution in [0.2, 0.25) is 0 Å². The van der Waals surface area contributed by atoms with Crippen molar-refractivity contribution in [2.45, 2.75) is 6.42 Å². The zero-order valence-corrected chi connectivity index (χ0v) is 11.7. The first kappa shape index (κ1) is 13.3. The Morgan fingerprint density at radius 3 is 2.25 bits per heavy atom. The maximum Gasteiger partial charge on any atom is 0.262 e. The van der Waals surface area contributed by atoms with Gasteiger partial charge in [-0.15, -0.1) is 0 Å². The molecule has 0 N–H and O–H groups in total. The molecule has 2 aliphatic heterocycles. The molecule has 20 heavy (non-hydrogen) atoms. The minimum absolute atomic E-state index is 0.164. The predicted octanol–water partition coefficient (Wildman–Crippen LogP) is 0.878. The van der Waals surface area contributed by atoms with Gasteiger partial charge in [0.15, 0.2) is 0 Å². The number of likely N-dealkylation sites (N-methyl/N-ethyl adjacent to an activating group) is 1. The molecule has 2 amide bonds. The highest BCUT2D eigenvalue weighted by atomic mass is 16.2. The van der Waals surface area contributed by atoms with Crippen LogP contribution in [-0.4, -0.2) is 66.4 Å². The van der Waals surface area contributed by atoms with Crippen LogP contribution in [0.25, 0.3) is 0 Å². The lowest BCUT2D eigenvalue weighted by Crippen LogP contribution is -2.42. The number of rotatable bonds is 2. The molecule has 5 heteroatoms. The standard InChI is InChI=1S/C15H19N3O2/c1-16-7-4-8-17(10-9-16)11-18-14(19)12-5-2-3-6-13(12)15(18)20/h2-3,5-6H,4,7-11H2,1H3. The van der Waals surface area contributed by atoms with E-state index >= 15 is 0 Å². The Hall–Kier alpha value is -1.72. The van der Waals surface area contributed by atoms with E-state index in [1.165, 1.54) is 4.90 Å². The first-order valence-electron chi connectivity index (χ1n) is 7.03. The molecule has 3 rings (SSSR count). The quantitative estimate of drug-likeness (QED) is 0.750. The number of hydrogen-bond donors (Lipinski definition) is 0. The first-order chi connectivity index (χ1) is 9.66. The monoisotopic (exact) mass is 273 g/mol. The molecule has 2 heterocycles. The maximum absolute atomic E-state index is 12.3. The highest BCUT2D eigenvalue weighted by Crippen LogP contribution is 2.22. The van der Waals surface area contributed by atoms with E-state index < -0.39 is 0 Å². The molecule has 1 saturated heterocycles. The summed E-state index contributed by atoms with van der Waals surface area (Å²) in [5.74, 6) is -0.327. The van der Waals surface area contributed by atoms with Crippen molar-refractivity contribution in [3.05, 3.63) is 35.4 Å². The van der Waals surface area contributed by atoms with Crippen LogP contribution in [-0.2, 0) is 0 Å². The van der Waals surface area contributed by atoms with E-state index in [0.717, 1.165) is 32.6 Å². The molecule has 1 fully saturated rings. The molecule has 0 saturated carbocycles. The lowest BCUT2D eigenvalue weighted by atomic mass is 10.1. The molecule has 0 radical (unpaired) electrons. The zero-order valence-electron chi connectivity index (χ0n) is 11.7. The number of nitrogens with zero attached hydrogens (tertiary/aromatic N) is 3. The normalized spacial score (nSPS) is 21.1. The van der Waals surface area contributed by atoms with E-state index in [0.29, 0.717) is 17.8 Å². The first-order valence-corrected chi connectivity index (χ1v) is 7.03. The SMILES string of the molecule is CN1CCCN(CN2C(=O)c3ccccc3C2=O)CC1. The Morgan fingerprint density at radius 1 is 0.950 bits per heavy atom. The molecule has 0 spiro atoms. The highest BCUT2D eigenvalue weighted by molar-refractivity contribution is 6.21. The summed E-state index contributed by atoms with van der Waals surface area (Å²) in [6.45, 7) is 4.27. The van der Waals surface area contributed by atoms with Crippen molar-refractivity contribution in [2.24, 2.45) is 0 Å². The van der Waals surface area contributed by atoms with Gasteiger partial charge < -0.3 is 4.90 Å². The number of carbonyl (C=O) groups excluding carboxylic acids is 2. The summed E-state index contributed by atoms with van der Waals surface area (Å²) in [7, 11) is 2.10. The predicted molar refractivity (Wildman–Crippen MR) is 75.5 cm³/mol. The topological polar surface area (TPSA) is 43.9 Å². The van der Waals surface area contributed by atoms with Crippen LogP contribution < -0.4 is 0 Å². The second-order valence-corrected chi connectivity index (χ2v) is 5.50. The van der Waals surface area contributed by atoms with Gasteiger partial charge in [-0.1, -0.05) is 12.1 Å². The van der Waals surface area contributed by atoms with E-state index in [1.54, 1.807) is 24.3 Å². The van der Waals surface area contributed by atoms with Crippen molar-refractivity contribution in [3.8, 4) is 0 Å². The molecule has 1 aromatic carbocycles. The Labute approximate surface area is 118 Å². The molecular weight excluding hydrogens is 254 g/mol. The largest absolute Gasteiger partial charge is 0.305 e. The number of carbonyl (C=O) groups is 2. The lowest BCUT2D eigenvalue weighted by molar-refractivity contribution is 0.0545. The van der Waals surface area contributed by atoms with Gasteiger partial charge in [-0.25, -0.2) is 0 Å². The average molecular weight is 273 g/mol. The minimum Gasteiger partial charge on any atom is -0.305 e. The molecule has 2 aliphatic rings. The van der Waals surface area contributed by atoms with Gasteiger partial charge in [0.05, 0.1) is 17.8 Å². The second kappa shape index (κ2) is 5.34. The molecule has 0 aromatic heterocycles. The van der Waals surface area contributed by atoms with Gasteiger partial charge in [0.2, 0.25) is 0 Å². The molecule has 0 unspecified atom stereocenters. The molecule has 5 nitrogen and oxygen atoms in total. The van der Waals surface area contributed by atoms with Crippen molar-refractivity contribution in [1.29, 1.82) is 0 Å². The smallest absolute Gasteiger partial charge is 0.262 e. The average Bonchev–Trinajstić information content (AvgIpc) is 2.61. The van der Waals surface area contributed by atoms with Gasteiger partial charge in [-0.3, -0.25) is 19.4 Å². The van der Waals surface area contributed by atoms with Crippen molar-refractivity contribution in [3.63, 3.8) is 0 Å². The molecule has 106 valence electrons. The van der Waals surface area contributed by atoms with Gasteiger partial charge in [0, 0.05) is 19.6 Å². The van der Waals surface area contributed by atoms with Crippen molar-refractivity contribution >= 4 is 11.8 Å². The van der Waals surface area contributed by atoms with Gasteiger partial charge in [0.1, 0.15) is 0 Å².